The smallest absolute Gasteiger partial charge is 0.331 e. The van der Waals surface area contributed by atoms with Gasteiger partial charge in [0.25, 0.3) is 0 Å². The zero-order valence-electron chi connectivity index (χ0n) is 15.5. The van der Waals surface area contributed by atoms with Gasteiger partial charge in [-0.3, -0.25) is 4.79 Å². The summed E-state index contributed by atoms with van der Waals surface area (Å²) in [4.78, 5) is 23.8. The maximum atomic E-state index is 12.0. The predicted molar refractivity (Wildman–Crippen MR) is 96.1 cm³/mol. The van der Waals surface area contributed by atoms with Crippen LogP contribution in [0.15, 0.2) is 23.3 Å². The molecule has 6 atom stereocenters. The first-order valence-electron chi connectivity index (χ1n) is 10.2. The highest BCUT2D eigenvalue weighted by atomic mass is 16.6. The number of fused-ring (bicyclic) bond motifs is 6. The molecule has 1 aliphatic heterocycles. The summed E-state index contributed by atoms with van der Waals surface area (Å²) in [5.41, 5.74) is 1.99. The number of carbonyl (C=O) groups is 2. The van der Waals surface area contributed by atoms with E-state index in [4.69, 9.17) is 4.74 Å². The van der Waals surface area contributed by atoms with E-state index in [0.29, 0.717) is 42.3 Å². The van der Waals surface area contributed by atoms with E-state index in [1.165, 1.54) is 5.57 Å². The fourth-order valence-electron chi connectivity index (χ4n) is 7.40. The molecular formula is C22H28O4. The van der Waals surface area contributed by atoms with E-state index in [2.05, 4.69) is 6.92 Å². The molecular weight excluding hydrogens is 328 g/mol. The van der Waals surface area contributed by atoms with Crippen LogP contribution in [0.2, 0.25) is 0 Å². The number of carbonyl (C=O) groups excluding carboxylic acids is 2. The van der Waals surface area contributed by atoms with Crippen molar-refractivity contribution in [2.45, 2.75) is 63.9 Å². The fraction of sp³-hybridized carbons (Fsp3) is 0.727. The summed E-state index contributed by atoms with van der Waals surface area (Å²) >= 11 is 0. The summed E-state index contributed by atoms with van der Waals surface area (Å²) < 4.78 is 5.88. The average molecular weight is 356 g/mol. The summed E-state index contributed by atoms with van der Waals surface area (Å²) in [7, 11) is 0. The summed E-state index contributed by atoms with van der Waals surface area (Å²) in [6, 6.07) is 0. The number of aliphatic hydroxyl groups is 1. The molecule has 5 aliphatic rings. The predicted octanol–water partition coefficient (Wildman–Crippen LogP) is 3.34. The number of aliphatic hydroxyl groups excluding tert-OH is 1. The number of rotatable bonds is 1. The minimum Gasteiger partial charge on any atom is -0.451 e. The van der Waals surface area contributed by atoms with Crippen LogP contribution in [0.1, 0.15) is 58.3 Å². The Kier molecular flexibility index (Phi) is 3.57. The lowest BCUT2D eigenvalue weighted by molar-refractivity contribution is -0.160. The van der Waals surface area contributed by atoms with Crippen molar-refractivity contribution in [2.24, 2.45) is 29.1 Å². The van der Waals surface area contributed by atoms with Crippen LogP contribution < -0.4 is 0 Å². The maximum absolute atomic E-state index is 12.0. The molecule has 1 N–H and O–H groups in total. The van der Waals surface area contributed by atoms with Crippen LogP contribution in [0.25, 0.3) is 0 Å². The molecule has 0 saturated heterocycles. The molecule has 4 nitrogen and oxygen atoms in total. The Balaban J connectivity index is 1.51. The van der Waals surface area contributed by atoms with Gasteiger partial charge in [0.15, 0.2) is 0 Å². The van der Waals surface area contributed by atoms with Crippen molar-refractivity contribution in [1.82, 2.24) is 0 Å². The summed E-state index contributed by atoms with van der Waals surface area (Å²) in [6.45, 7) is 2.41. The molecule has 0 aromatic heterocycles. The number of Topliss-reactive ketones (excluding diaryl/α,β-unsaturated/α-hetero) is 1. The Bertz CT molecular complexity index is 734. The van der Waals surface area contributed by atoms with Gasteiger partial charge in [0.2, 0.25) is 0 Å². The van der Waals surface area contributed by atoms with Crippen molar-refractivity contribution in [2.75, 3.05) is 6.61 Å². The van der Waals surface area contributed by atoms with Gasteiger partial charge in [-0.2, -0.15) is 0 Å². The molecule has 1 heterocycles. The third-order valence-electron chi connectivity index (χ3n) is 8.66. The third kappa shape index (κ3) is 2.05. The van der Waals surface area contributed by atoms with Crippen LogP contribution in [-0.4, -0.2) is 29.1 Å². The fourth-order valence-corrected chi connectivity index (χ4v) is 7.40. The van der Waals surface area contributed by atoms with Gasteiger partial charge in [-0.25, -0.2) is 4.79 Å². The molecule has 0 amide bonds. The number of ketones is 1. The quantitative estimate of drug-likeness (QED) is 0.578. The number of ether oxygens (including phenoxy) is 1. The van der Waals surface area contributed by atoms with Crippen LogP contribution in [0.5, 0.6) is 0 Å². The standard InChI is InChI=1S/C22H28O4/c1-21-7-4-16-15-3-2-14(24)11-17(15)13(12-23)10-18(16)19(21)5-8-22(21)9-6-20(25)26-22/h6,9,15-16,18-19,23H,2-5,7-8,10-12H2,1H3/t15-,16?,18?,19?,21+,22-/m1/s1. The van der Waals surface area contributed by atoms with E-state index >= 15 is 0 Å². The van der Waals surface area contributed by atoms with Gasteiger partial charge in [0.05, 0.1) is 6.61 Å². The van der Waals surface area contributed by atoms with Gasteiger partial charge in [0.1, 0.15) is 11.4 Å². The van der Waals surface area contributed by atoms with E-state index in [1.807, 2.05) is 6.08 Å². The van der Waals surface area contributed by atoms with E-state index in [9.17, 15) is 14.7 Å². The van der Waals surface area contributed by atoms with Crippen molar-refractivity contribution >= 4 is 11.8 Å². The lowest BCUT2D eigenvalue weighted by Crippen LogP contribution is -2.52. The van der Waals surface area contributed by atoms with Crippen molar-refractivity contribution < 1.29 is 19.4 Å². The topological polar surface area (TPSA) is 63.6 Å². The first-order chi connectivity index (χ1) is 12.5. The highest BCUT2D eigenvalue weighted by Crippen LogP contribution is 2.66. The van der Waals surface area contributed by atoms with Crippen LogP contribution in [0.3, 0.4) is 0 Å². The Labute approximate surface area is 154 Å². The molecule has 140 valence electrons. The second-order valence-corrected chi connectivity index (χ2v) is 9.42. The van der Waals surface area contributed by atoms with Gasteiger partial charge in [0, 0.05) is 24.3 Å². The second-order valence-electron chi connectivity index (χ2n) is 9.42. The maximum Gasteiger partial charge on any atom is 0.331 e. The number of esters is 1. The van der Waals surface area contributed by atoms with E-state index in [1.54, 1.807) is 6.08 Å². The minimum absolute atomic E-state index is 0.000613. The molecule has 3 fully saturated rings. The molecule has 0 aromatic rings. The van der Waals surface area contributed by atoms with Crippen LogP contribution >= 0.6 is 0 Å². The van der Waals surface area contributed by atoms with Gasteiger partial charge in [-0.15, -0.1) is 0 Å². The lowest BCUT2D eigenvalue weighted by atomic mass is 9.50. The molecule has 0 aromatic carbocycles. The molecule has 26 heavy (non-hydrogen) atoms. The van der Waals surface area contributed by atoms with Crippen LogP contribution in [0, 0.1) is 29.1 Å². The van der Waals surface area contributed by atoms with Crippen LogP contribution in [0.4, 0.5) is 0 Å². The Morgan fingerprint density at radius 2 is 2.04 bits per heavy atom. The molecule has 0 radical (unpaired) electrons. The number of hydrogen-bond acceptors (Lipinski definition) is 4. The van der Waals surface area contributed by atoms with Gasteiger partial charge >= 0.3 is 5.97 Å². The first kappa shape index (κ1) is 16.7. The lowest BCUT2D eigenvalue weighted by Gasteiger charge is -2.55. The largest absolute Gasteiger partial charge is 0.451 e. The summed E-state index contributed by atoms with van der Waals surface area (Å²) in [5, 5.41) is 10.0. The minimum atomic E-state index is -0.411. The molecule has 3 saturated carbocycles. The van der Waals surface area contributed by atoms with Crippen molar-refractivity contribution in [1.29, 1.82) is 0 Å². The van der Waals surface area contributed by atoms with Crippen molar-refractivity contribution in [3.63, 3.8) is 0 Å². The number of allylic oxidation sites excluding steroid dienone is 1. The van der Waals surface area contributed by atoms with Crippen molar-refractivity contribution in [3.8, 4) is 0 Å². The third-order valence-corrected chi connectivity index (χ3v) is 8.66. The summed E-state index contributed by atoms with van der Waals surface area (Å²) in [6.07, 6.45) is 11.0. The van der Waals surface area contributed by atoms with Gasteiger partial charge in [-0.1, -0.05) is 12.5 Å². The Morgan fingerprint density at radius 3 is 2.77 bits per heavy atom. The van der Waals surface area contributed by atoms with Crippen molar-refractivity contribution in [3.05, 3.63) is 23.3 Å². The molecule has 0 bridgehead atoms. The molecule has 5 rings (SSSR count). The zero-order valence-corrected chi connectivity index (χ0v) is 15.5. The second kappa shape index (κ2) is 5.54. The van der Waals surface area contributed by atoms with E-state index in [-0.39, 0.29) is 18.0 Å². The van der Waals surface area contributed by atoms with E-state index < -0.39 is 5.60 Å². The SMILES string of the molecule is C[C@]12CCC3C(CC(CO)=C4CC(=O)CC[C@@H]43)C1CC[C@@]21C=CC(=O)O1. The van der Waals surface area contributed by atoms with Gasteiger partial charge in [-0.05, 0) is 73.8 Å². The van der Waals surface area contributed by atoms with Gasteiger partial charge < -0.3 is 9.84 Å². The van der Waals surface area contributed by atoms with E-state index in [0.717, 1.165) is 44.1 Å². The molecule has 4 heteroatoms. The molecule has 1 spiro atoms. The molecule has 4 aliphatic carbocycles. The summed E-state index contributed by atoms with van der Waals surface area (Å²) in [5.74, 6) is 2.33. The highest BCUT2D eigenvalue weighted by molar-refractivity contribution is 5.85. The Morgan fingerprint density at radius 1 is 1.19 bits per heavy atom. The first-order valence-corrected chi connectivity index (χ1v) is 10.2. The van der Waals surface area contributed by atoms with Crippen LogP contribution in [-0.2, 0) is 14.3 Å². The monoisotopic (exact) mass is 356 g/mol. The zero-order chi connectivity index (χ0) is 18.1. The highest BCUT2D eigenvalue weighted by Gasteiger charge is 2.64. The normalized spacial score (nSPS) is 47.0. The number of hydrogen-bond donors (Lipinski definition) is 1. The molecule has 3 unspecified atom stereocenters. The average Bonchev–Trinajstić information content (AvgIpc) is 3.15. The Hall–Kier alpha value is -1.42.